The van der Waals surface area contributed by atoms with Crippen molar-refractivity contribution in [3.8, 4) is 0 Å². The van der Waals surface area contributed by atoms with Crippen molar-refractivity contribution >= 4 is 25.2 Å². The third-order valence-electron chi connectivity index (χ3n) is 0.473. The molecule has 0 radical (unpaired) electrons. The molecular weight excluding hydrogens is 142 g/mol. The predicted molar refractivity (Wildman–Crippen MR) is 37.7 cm³/mol. The lowest BCUT2D eigenvalue weighted by Crippen LogP contribution is -2.42. The second kappa shape index (κ2) is 2.50. The number of hydrogen-bond donors (Lipinski definition) is 1. The molecule has 0 aromatic carbocycles. The van der Waals surface area contributed by atoms with Crippen LogP contribution in [0.2, 0.25) is 19.6 Å². The molecule has 2 nitrogen and oxygen atoms in total. The second-order valence-electron chi connectivity index (χ2n) is 2.65. The van der Waals surface area contributed by atoms with Gasteiger partial charge in [0.05, 0.1) is 0 Å². The Morgan fingerprint density at radius 1 is 1.50 bits per heavy atom. The average Bonchev–Trinajstić information content (AvgIpc) is 1.21. The quantitative estimate of drug-likeness (QED) is 0.346. The van der Waals surface area contributed by atoms with Crippen molar-refractivity contribution in [1.29, 1.82) is 0 Å². The van der Waals surface area contributed by atoms with E-state index in [1.54, 1.807) is 0 Å². The summed E-state index contributed by atoms with van der Waals surface area (Å²) < 4.78 is 0. The first-order valence-electron chi connectivity index (χ1n) is 2.39. The van der Waals surface area contributed by atoms with E-state index in [9.17, 15) is 4.79 Å². The molecule has 48 valence electrons. The summed E-state index contributed by atoms with van der Waals surface area (Å²) in [4.78, 5) is 12.8. The molecule has 0 saturated heterocycles. The van der Waals surface area contributed by atoms with E-state index in [1.165, 1.54) is 0 Å². The smallest absolute Gasteiger partial charge is 0.305 e. The number of amides is 1. The van der Waals surface area contributed by atoms with Crippen molar-refractivity contribution in [2.75, 3.05) is 0 Å². The van der Waals surface area contributed by atoms with Crippen LogP contribution in [0, 0.1) is 0 Å². The van der Waals surface area contributed by atoms with Crippen LogP contribution in [0.3, 0.4) is 0 Å². The van der Waals surface area contributed by atoms with Crippen molar-refractivity contribution in [3.63, 3.8) is 0 Å². The fourth-order valence-corrected chi connectivity index (χ4v) is 1.73. The van der Waals surface area contributed by atoms with E-state index in [1.807, 2.05) is 19.6 Å². The van der Waals surface area contributed by atoms with E-state index in [-0.39, 0.29) is 0 Å². The summed E-state index contributed by atoms with van der Waals surface area (Å²) in [5.41, 5.74) is 0. The van der Waals surface area contributed by atoms with Gasteiger partial charge in [-0.1, -0.05) is 19.6 Å². The van der Waals surface area contributed by atoms with Gasteiger partial charge in [0.1, 0.15) is 8.24 Å². The van der Waals surface area contributed by atoms with Gasteiger partial charge >= 0.3 is 5.37 Å². The Morgan fingerprint density at radius 2 is 1.88 bits per heavy atom. The first-order chi connectivity index (χ1) is 3.42. The number of halogens is 1. The summed E-state index contributed by atoms with van der Waals surface area (Å²) in [7, 11) is -1.45. The highest BCUT2D eigenvalue weighted by Crippen LogP contribution is 1.94. The molecule has 1 N–H and O–H groups in total. The molecule has 1 amide bonds. The maximum Gasteiger partial charge on any atom is 0.305 e. The number of carbonyl (C=O) groups excluding carboxylic acids is 1. The zero-order valence-corrected chi connectivity index (χ0v) is 7.04. The van der Waals surface area contributed by atoms with E-state index in [0.29, 0.717) is 0 Å². The Hall–Kier alpha value is -0.0231. The lowest BCUT2D eigenvalue weighted by Gasteiger charge is -2.14. The molecule has 4 heteroatoms. The van der Waals surface area contributed by atoms with E-state index in [4.69, 9.17) is 11.6 Å². The maximum absolute atomic E-state index is 10.1. The Labute approximate surface area is 55.3 Å². The highest BCUT2D eigenvalue weighted by atomic mass is 35.5. The van der Waals surface area contributed by atoms with Crippen LogP contribution in [-0.2, 0) is 0 Å². The predicted octanol–water partition coefficient (Wildman–Crippen LogP) is 1.77. The highest BCUT2D eigenvalue weighted by molar-refractivity contribution is 6.81. The molecule has 8 heavy (non-hydrogen) atoms. The Kier molecular flexibility index (Phi) is 2.50. The molecule has 0 aliphatic heterocycles. The van der Waals surface area contributed by atoms with E-state index < -0.39 is 13.6 Å². The van der Waals surface area contributed by atoms with Gasteiger partial charge in [-0.3, -0.25) is 4.79 Å². The van der Waals surface area contributed by atoms with Gasteiger partial charge in [0.2, 0.25) is 0 Å². The Balaban J connectivity index is 3.55. The van der Waals surface area contributed by atoms with Crippen molar-refractivity contribution in [3.05, 3.63) is 0 Å². The minimum Gasteiger partial charge on any atom is -0.369 e. The van der Waals surface area contributed by atoms with Crippen molar-refractivity contribution < 1.29 is 4.79 Å². The fraction of sp³-hybridized carbons (Fsp3) is 0.750. The lowest BCUT2D eigenvalue weighted by molar-refractivity contribution is 0.263. The second-order valence-corrected chi connectivity index (χ2v) is 7.74. The molecule has 0 rings (SSSR count). The first-order valence-corrected chi connectivity index (χ1v) is 6.27. The zero-order chi connectivity index (χ0) is 6.78. The minimum absolute atomic E-state index is 0.441. The lowest BCUT2D eigenvalue weighted by atomic mass is 11.5. The standard InChI is InChI=1S/C4H10ClNOSi/c1-8(2,3)6-4(5)7/h1-3H3,(H,6,7). The molecule has 0 unspecified atom stereocenters. The third kappa shape index (κ3) is 5.98. The molecule has 0 heterocycles. The molecule has 0 bridgehead atoms. The van der Waals surface area contributed by atoms with Crippen LogP contribution in [0.5, 0.6) is 0 Å². The Bertz CT molecular complexity index is 98.7. The van der Waals surface area contributed by atoms with E-state index in [2.05, 4.69) is 4.98 Å². The van der Waals surface area contributed by atoms with Gasteiger partial charge in [0.25, 0.3) is 0 Å². The summed E-state index contributed by atoms with van der Waals surface area (Å²) in [6.07, 6.45) is 0. The molecule has 0 aliphatic carbocycles. The fourth-order valence-electron chi connectivity index (χ4n) is 0.295. The van der Waals surface area contributed by atoms with Crippen LogP contribution in [0.25, 0.3) is 0 Å². The minimum atomic E-state index is -1.45. The number of nitrogens with one attached hydrogen (secondary N) is 1. The summed E-state index contributed by atoms with van der Waals surface area (Å²) in [5, 5.41) is -0.441. The van der Waals surface area contributed by atoms with Crippen LogP contribution in [0.15, 0.2) is 0 Å². The summed E-state index contributed by atoms with van der Waals surface area (Å²) in [6.45, 7) is 6.02. The van der Waals surface area contributed by atoms with E-state index in [0.717, 1.165) is 0 Å². The van der Waals surface area contributed by atoms with Gasteiger partial charge < -0.3 is 4.98 Å². The molecule has 0 spiro atoms. The zero-order valence-electron chi connectivity index (χ0n) is 5.29. The van der Waals surface area contributed by atoms with Gasteiger partial charge in [0, 0.05) is 0 Å². The largest absolute Gasteiger partial charge is 0.369 e. The molecule has 0 atom stereocenters. The van der Waals surface area contributed by atoms with Crippen LogP contribution >= 0.6 is 11.6 Å². The van der Waals surface area contributed by atoms with Gasteiger partial charge in [-0.2, -0.15) is 0 Å². The summed E-state index contributed by atoms with van der Waals surface area (Å²) >= 11 is 5.05. The van der Waals surface area contributed by atoms with Gasteiger partial charge in [-0.25, -0.2) is 0 Å². The summed E-state index contributed by atoms with van der Waals surface area (Å²) in [5.74, 6) is 0. The topological polar surface area (TPSA) is 29.1 Å². The number of hydrogen-bond acceptors (Lipinski definition) is 1. The number of carbonyl (C=O) groups is 1. The van der Waals surface area contributed by atoms with Crippen LogP contribution in [0.4, 0.5) is 4.79 Å². The van der Waals surface area contributed by atoms with Gasteiger partial charge in [-0.15, -0.1) is 0 Å². The molecule has 0 aromatic rings. The number of rotatable bonds is 1. The molecule has 0 aliphatic rings. The van der Waals surface area contributed by atoms with E-state index >= 15 is 0 Å². The maximum atomic E-state index is 10.1. The molecule has 0 fully saturated rings. The first kappa shape index (κ1) is 7.98. The molecular formula is C4H10ClNOSi. The normalized spacial score (nSPS) is 11.0. The SMILES string of the molecule is C[Si](C)(C)NC(=O)Cl. The monoisotopic (exact) mass is 151 g/mol. The summed E-state index contributed by atoms with van der Waals surface area (Å²) in [6, 6.07) is 0. The molecule has 0 aromatic heterocycles. The van der Waals surface area contributed by atoms with Crippen LogP contribution in [0.1, 0.15) is 0 Å². The van der Waals surface area contributed by atoms with Crippen molar-refractivity contribution in [2.45, 2.75) is 19.6 Å². The highest BCUT2D eigenvalue weighted by Gasteiger charge is 2.14. The van der Waals surface area contributed by atoms with Gasteiger partial charge in [-0.05, 0) is 11.6 Å². The average molecular weight is 152 g/mol. The van der Waals surface area contributed by atoms with Crippen LogP contribution < -0.4 is 4.98 Å². The van der Waals surface area contributed by atoms with Crippen LogP contribution in [-0.4, -0.2) is 13.6 Å². The Morgan fingerprint density at radius 3 is 1.88 bits per heavy atom. The van der Waals surface area contributed by atoms with Crippen molar-refractivity contribution in [1.82, 2.24) is 4.98 Å². The van der Waals surface area contributed by atoms with Gasteiger partial charge in [0.15, 0.2) is 0 Å². The third-order valence-corrected chi connectivity index (χ3v) is 1.70. The molecule has 0 saturated carbocycles. The van der Waals surface area contributed by atoms with Crippen molar-refractivity contribution in [2.24, 2.45) is 0 Å².